The molecule has 0 aliphatic rings. The second-order valence-corrected chi connectivity index (χ2v) is 10.1. The number of nitrogens with one attached hydrogen (secondary N) is 1. The van der Waals surface area contributed by atoms with Gasteiger partial charge in [0.1, 0.15) is 17.1 Å². The van der Waals surface area contributed by atoms with Gasteiger partial charge in [0.25, 0.3) is 0 Å². The molecular formula is C29H30N6O6Zn. The number of esters is 1. The minimum absolute atomic E-state index is 0. The van der Waals surface area contributed by atoms with Crippen molar-refractivity contribution in [1.82, 2.24) is 30.2 Å². The molecule has 2 N–H and O–H groups in total. The molecule has 0 bridgehead atoms. The SMILES string of the molecule is CCCc1nc(C(C)(C)O)c(C(=O)OCc2oc(=O)oc2C)n1Cc1ccc(-c2ccccc2-c2nn[nH]n2)cc1.[Zn]. The van der Waals surface area contributed by atoms with Gasteiger partial charge >= 0.3 is 11.8 Å². The molecule has 214 valence electrons. The van der Waals surface area contributed by atoms with Crippen LogP contribution in [0.4, 0.5) is 0 Å². The predicted octanol–water partition coefficient (Wildman–Crippen LogP) is 4.17. The molecule has 0 saturated heterocycles. The van der Waals surface area contributed by atoms with Crippen molar-refractivity contribution in [1.29, 1.82) is 0 Å². The zero-order valence-electron chi connectivity index (χ0n) is 23.9. The molecule has 2 aromatic carbocycles. The van der Waals surface area contributed by atoms with Crippen molar-refractivity contribution in [2.24, 2.45) is 0 Å². The second kappa shape index (κ2) is 12.7. The fraction of sp³-hybridized carbons (Fsp3) is 0.310. The van der Waals surface area contributed by atoms with Crippen LogP contribution in [0, 0.1) is 6.92 Å². The molecule has 0 atom stereocenters. The zero-order chi connectivity index (χ0) is 29.1. The molecule has 13 heteroatoms. The Bertz CT molecular complexity index is 1710. The van der Waals surface area contributed by atoms with Gasteiger partial charge in [-0.1, -0.05) is 55.5 Å². The standard InChI is InChI=1S/C29H30N6O6.Zn/c1-5-8-23-30-25(29(3,4)38)24(27(36)39-16-22-17(2)40-28(37)41-22)35(23)15-18-11-13-19(14-12-18)20-9-6-7-10-21(20)26-31-33-34-32-26;/h6-7,9-14,38H,5,8,15-16H2,1-4H3,(H,31,32,33,34);. The predicted molar refractivity (Wildman–Crippen MR) is 147 cm³/mol. The van der Waals surface area contributed by atoms with Gasteiger partial charge in [-0.15, -0.1) is 10.2 Å². The number of rotatable bonds is 10. The maximum atomic E-state index is 13.5. The molecule has 0 aliphatic carbocycles. The van der Waals surface area contributed by atoms with Gasteiger partial charge in [-0.3, -0.25) is 0 Å². The summed E-state index contributed by atoms with van der Waals surface area (Å²) in [5, 5.41) is 25.3. The molecule has 0 saturated carbocycles. The average Bonchev–Trinajstić information content (AvgIpc) is 3.67. The summed E-state index contributed by atoms with van der Waals surface area (Å²) < 4.78 is 17.1. The number of aromatic nitrogens is 6. The quantitative estimate of drug-likeness (QED) is 0.171. The number of aromatic amines is 1. The van der Waals surface area contributed by atoms with Crippen molar-refractivity contribution >= 4 is 5.97 Å². The monoisotopic (exact) mass is 622 g/mol. The van der Waals surface area contributed by atoms with Crippen LogP contribution < -0.4 is 5.82 Å². The molecular weight excluding hydrogens is 594 g/mol. The largest absolute Gasteiger partial charge is 0.519 e. The van der Waals surface area contributed by atoms with E-state index in [0.29, 0.717) is 24.6 Å². The van der Waals surface area contributed by atoms with E-state index >= 15 is 0 Å². The Morgan fingerprint density at radius 1 is 1.10 bits per heavy atom. The first kappa shape index (κ1) is 30.7. The summed E-state index contributed by atoms with van der Waals surface area (Å²) in [6.45, 7) is 6.72. The van der Waals surface area contributed by atoms with Crippen LogP contribution in [0.1, 0.15) is 66.3 Å². The third kappa shape index (κ3) is 6.47. The first-order chi connectivity index (χ1) is 19.7. The Labute approximate surface area is 253 Å². The van der Waals surface area contributed by atoms with Crippen LogP contribution in [0.5, 0.6) is 0 Å². The Morgan fingerprint density at radius 2 is 1.81 bits per heavy atom. The molecule has 0 amide bonds. The van der Waals surface area contributed by atoms with Crippen LogP contribution >= 0.6 is 0 Å². The van der Waals surface area contributed by atoms with E-state index in [1.807, 2.05) is 55.5 Å². The normalized spacial score (nSPS) is 11.4. The number of aryl methyl sites for hydroxylation is 2. The maximum absolute atomic E-state index is 13.5. The van der Waals surface area contributed by atoms with Gasteiger partial charge < -0.3 is 23.2 Å². The number of aliphatic hydroxyl groups is 1. The van der Waals surface area contributed by atoms with Gasteiger partial charge in [0.05, 0.1) is 0 Å². The summed E-state index contributed by atoms with van der Waals surface area (Å²) in [6.07, 6.45) is 1.37. The average molecular weight is 624 g/mol. The summed E-state index contributed by atoms with van der Waals surface area (Å²) >= 11 is 0. The van der Waals surface area contributed by atoms with Crippen LogP contribution in [-0.2, 0) is 49.4 Å². The molecule has 3 heterocycles. The molecule has 5 rings (SSSR count). The number of hydrogen-bond acceptors (Lipinski definition) is 10. The van der Waals surface area contributed by atoms with E-state index in [1.54, 1.807) is 25.3 Å². The maximum Gasteiger partial charge on any atom is 0.519 e. The van der Waals surface area contributed by atoms with E-state index < -0.39 is 17.4 Å². The van der Waals surface area contributed by atoms with Crippen LogP contribution in [-0.4, -0.2) is 41.3 Å². The molecule has 0 radical (unpaired) electrons. The minimum atomic E-state index is -1.41. The van der Waals surface area contributed by atoms with Crippen molar-refractivity contribution in [2.45, 2.75) is 59.3 Å². The number of carbonyl (C=O) groups is 1. The number of tetrazole rings is 1. The number of hydrogen-bond donors (Lipinski definition) is 2. The Balaban J connectivity index is 0.00000405. The molecule has 0 fully saturated rings. The molecule has 0 spiro atoms. The molecule has 0 aliphatic heterocycles. The summed E-state index contributed by atoms with van der Waals surface area (Å²) in [7, 11) is 0. The number of benzene rings is 2. The fourth-order valence-corrected chi connectivity index (χ4v) is 4.60. The van der Waals surface area contributed by atoms with Gasteiger partial charge in [0, 0.05) is 38.0 Å². The van der Waals surface area contributed by atoms with Crippen LogP contribution in [0.2, 0.25) is 0 Å². The van der Waals surface area contributed by atoms with E-state index in [9.17, 15) is 14.7 Å². The van der Waals surface area contributed by atoms with Crippen LogP contribution in [0.15, 0.2) is 62.2 Å². The molecule has 5 aromatic rings. The summed E-state index contributed by atoms with van der Waals surface area (Å²) in [6, 6.07) is 15.7. The molecule has 0 unspecified atom stereocenters. The van der Waals surface area contributed by atoms with Crippen molar-refractivity contribution in [2.75, 3.05) is 0 Å². The Kier molecular flexibility index (Phi) is 9.33. The zero-order valence-corrected chi connectivity index (χ0v) is 26.8. The van der Waals surface area contributed by atoms with Crippen molar-refractivity contribution in [3.8, 4) is 22.5 Å². The van der Waals surface area contributed by atoms with E-state index in [0.717, 1.165) is 28.7 Å². The smallest absolute Gasteiger partial charge is 0.453 e. The number of H-pyrrole nitrogens is 1. The summed E-state index contributed by atoms with van der Waals surface area (Å²) in [5.41, 5.74) is 2.60. The first-order valence-corrected chi connectivity index (χ1v) is 13.2. The third-order valence-electron chi connectivity index (χ3n) is 6.58. The summed E-state index contributed by atoms with van der Waals surface area (Å²) in [4.78, 5) is 29.5. The van der Waals surface area contributed by atoms with Crippen LogP contribution in [0.3, 0.4) is 0 Å². The van der Waals surface area contributed by atoms with E-state index in [1.165, 1.54) is 0 Å². The number of nitrogens with zero attached hydrogens (tertiary/aromatic N) is 5. The topological polar surface area (TPSA) is 162 Å². The van der Waals surface area contributed by atoms with Crippen molar-refractivity contribution < 1.29 is 43.0 Å². The molecule has 3 aromatic heterocycles. The van der Waals surface area contributed by atoms with Crippen LogP contribution in [0.25, 0.3) is 22.5 Å². The number of ether oxygens (including phenoxy) is 1. The Hall–Kier alpha value is -4.22. The number of carbonyl (C=O) groups excluding carboxylic acids is 1. The third-order valence-corrected chi connectivity index (χ3v) is 6.58. The van der Waals surface area contributed by atoms with E-state index in [-0.39, 0.29) is 49.0 Å². The molecule has 42 heavy (non-hydrogen) atoms. The second-order valence-electron chi connectivity index (χ2n) is 10.1. The Morgan fingerprint density at radius 3 is 2.40 bits per heavy atom. The number of imidazole rings is 1. The van der Waals surface area contributed by atoms with Crippen molar-refractivity contribution in [3.05, 3.63) is 93.4 Å². The summed E-state index contributed by atoms with van der Waals surface area (Å²) in [5.74, 6) is -0.0831. The van der Waals surface area contributed by atoms with Crippen molar-refractivity contribution in [3.63, 3.8) is 0 Å². The first-order valence-electron chi connectivity index (χ1n) is 13.2. The van der Waals surface area contributed by atoms with Gasteiger partial charge in [-0.05, 0) is 49.1 Å². The minimum Gasteiger partial charge on any atom is -0.453 e. The molecule has 12 nitrogen and oxygen atoms in total. The van der Waals surface area contributed by atoms with E-state index in [4.69, 9.17) is 13.6 Å². The van der Waals surface area contributed by atoms with E-state index in [2.05, 4.69) is 25.6 Å². The van der Waals surface area contributed by atoms with Gasteiger partial charge in [-0.25, -0.2) is 14.6 Å². The van der Waals surface area contributed by atoms with Gasteiger partial charge in [0.2, 0.25) is 5.82 Å². The van der Waals surface area contributed by atoms with Gasteiger partial charge in [0.15, 0.2) is 23.8 Å². The van der Waals surface area contributed by atoms with Gasteiger partial charge in [-0.2, -0.15) is 5.21 Å². The fourth-order valence-electron chi connectivity index (χ4n) is 4.60.